The first-order valence-corrected chi connectivity index (χ1v) is 20.8. The number of aliphatic hydroxyl groups excluding tert-OH is 1. The van der Waals surface area contributed by atoms with Crippen molar-refractivity contribution < 1.29 is 37.7 Å². The minimum atomic E-state index is -0.397. The maximum atomic E-state index is 13.2. The van der Waals surface area contributed by atoms with Crippen LogP contribution >= 0.6 is 23.2 Å². The number of hydrogen-bond acceptors (Lipinski definition) is 10. The molecule has 0 spiro atoms. The Bertz CT molecular complexity index is 2530. The van der Waals surface area contributed by atoms with Crippen molar-refractivity contribution in [2.45, 2.75) is 37.9 Å². The Balaban J connectivity index is 0.000000186. The Morgan fingerprint density at radius 2 is 1.10 bits per heavy atom. The van der Waals surface area contributed by atoms with Crippen molar-refractivity contribution in [1.29, 1.82) is 0 Å². The molecule has 2 aliphatic heterocycles. The second-order valence-corrected chi connectivity index (χ2v) is 15.5. The lowest BCUT2D eigenvalue weighted by Crippen LogP contribution is -2.26. The van der Waals surface area contributed by atoms with Gasteiger partial charge >= 0.3 is 0 Å². The van der Waals surface area contributed by atoms with Gasteiger partial charge in [-0.2, -0.15) is 0 Å². The van der Waals surface area contributed by atoms with Crippen LogP contribution in [0.3, 0.4) is 0 Å². The summed E-state index contributed by atoms with van der Waals surface area (Å²) < 4.78 is 38.2. The van der Waals surface area contributed by atoms with Crippen LogP contribution in [0.15, 0.2) is 122 Å². The monoisotopic (exact) mass is 878 g/mol. The number of benzene rings is 4. The second kappa shape index (κ2) is 20.6. The van der Waals surface area contributed by atoms with E-state index in [0.717, 1.165) is 54.7 Å². The smallest absolute Gasteiger partial charge is 0.232 e. The largest absolute Gasteiger partial charge is 0.471 e. The van der Waals surface area contributed by atoms with Gasteiger partial charge in [0.2, 0.25) is 11.8 Å². The van der Waals surface area contributed by atoms with Crippen LogP contribution in [0.2, 0.25) is 10.0 Å². The number of ether oxygens (including phenoxy) is 2. The van der Waals surface area contributed by atoms with E-state index < -0.39 is 5.82 Å². The van der Waals surface area contributed by atoms with Crippen molar-refractivity contribution in [2.24, 2.45) is 0 Å². The van der Waals surface area contributed by atoms with Crippen LogP contribution < -0.4 is 19.3 Å². The summed E-state index contributed by atoms with van der Waals surface area (Å²) in [5.74, 6) is -0.350. The summed E-state index contributed by atoms with van der Waals surface area (Å²) in [5.41, 5.74) is 5.28. The molecule has 4 aromatic carbocycles. The van der Waals surface area contributed by atoms with E-state index in [9.17, 15) is 28.3 Å². The highest BCUT2D eigenvalue weighted by Crippen LogP contribution is 2.32. The average Bonchev–Trinajstić information content (AvgIpc) is 3.96. The number of carbonyl (C=O) groups excluding carboxylic acids is 3. The third-order valence-corrected chi connectivity index (χ3v) is 11.1. The summed E-state index contributed by atoms with van der Waals surface area (Å²) in [6.45, 7) is 2.75. The van der Waals surface area contributed by atoms with Crippen LogP contribution in [0.4, 0.5) is 20.2 Å². The second-order valence-electron chi connectivity index (χ2n) is 14.7. The normalized spacial score (nSPS) is 15.8. The Morgan fingerprint density at radius 3 is 1.53 bits per heavy atom. The molecular weight excluding hydrogens is 837 g/mol. The van der Waals surface area contributed by atoms with E-state index in [0.29, 0.717) is 63.6 Å². The van der Waals surface area contributed by atoms with E-state index in [1.165, 1.54) is 48.5 Å². The molecule has 0 amide bonds. The molecule has 0 unspecified atom stereocenters. The lowest BCUT2D eigenvalue weighted by Gasteiger charge is -2.23. The van der Waals surface area contributed by atoms with Gasteiger partial charge < -0.3 is 29.2 Å². The molecule has 318 valence electrons. The number of pyridine rings is 2. The van der Waals surface area contributed by atoms with Crippen LogP contribution in [0.5, 0.6) is 11.8 Å². The van der Waals surface area contributed by atoms with Crippen LogP contribution in [0.1, 0.15) is 55.8 Å². The van der Waals surface area contributed by atoms with E-state index in [1.54, 1.807) is 60.9 Å². The number of nitrogens with zero attached hydrogens (tertiary/aromatic N) is 4. The van der Waals surface area contributed by atoms with Gasteiger partial charge in [0.1, 0.15) is 40.2 Å². The number of rotatable bonds is 14. The maximum Gasteiger partial charge on any atom is 0.232 e. The highest BCUT2D eigenvalue weighted by atomic mass is 35.5. The van der Waals surface area contributed by atoms with Gasteiger partial charge in [-0.1, -0.05) is 23.2 Å². The van der Waals surface area contributed by atoms with Gasteiger partial charge in [0.15, 0.2) is 11.6 Å². The van der Waals surface area contributed by atoms with E-state index in [2.05, 4.69) is 19.8 Å². The third kappa shape index (κ3) is 10.8. The molecule has 8 rings (SSSR count). The number of aromatic nitrogens is 2. The fourth-order valence-electron chi connectivity index (χ4n) is 7.50. The predicted octanol–water partition coefficient (Wildman–Crippen LogP) is 8.80. The fraction of sp³-hybridized carbons (Fsp3) is 0.229. The summed E-state index contributed by atoms with van der Waals surface area (Å²) in [6.07, 6.45) is 6.15. The Labute approximate surface area is 367 Å². The molecule has 0 saturated carbocycles. The Hall–Kier alpha value is -6.21. The minimum absolute atomic E-state index is 0.0293. The molecule has 0 aliphatic carbocycles. The highest BCUT2D eigenvalue weighted by molar-refractivity contribution is 6.32. The molecule has 0 radical (unpaired) electrons. The predicted molar refractivity (Wildman–Crippen MR) is 234 cm³/mol. The molecular formula is C48H42Cl2F2N4O6. The van der Waals surface area contributed by atoms with E-state index in [-0.39, 0.29) is 42.6 Å². The topological polar surface area (TPSA) is 122 Å². The number of ketones is 2. The van der Waals surface area contributed by atoms with E-state index >= 15 is 0 Å². The van der Waals surface area contributed by atoms with Crippen molar-refractivity contribution in [3.8, 4) is 11.8 Å². The SMILES string of the molecule is O=C(c1ccc(F)cc1)c1ccc(N2CC[C@H](Oc3ncccc3Cl)C2)c(CCO)c1.O=CCc1cc(C(=O)c2ccc(F)cc2)ccc1N1CC[C@H](Oc2ncccc2Cl)C1. The summed E-state index contributed by atoms with van der Waals surface area (Å²) in [6, 6.07) is 28.7. The van der Waals surface area contributed by atoms with Crippen molar-refractivity contribution in [1.82, 2.24) is 9.97 Å². The number of anilines is 2. The van der Waals surface area contributed by atoms with Crippen LogP contribution in [-0.2, 0) is 17.6 Å². The first-order chi connectivity index (χ1) is 30.1. The summed E-state index contributed by atoms with van der Waals surface area (Å²) in [4.78, 5) is 49.5. The molecule has 62 heavy (non-hydrogen) atoms. The van der Waals surface area contributed by atoms with Gasteiger partial charge in [0, 0.05) is 85.0 Å². The first-order valence-electron chi connectivity index (χ1n) is 20.0. The summed E-state index contributed by atoms with van der Waals surface area (Å²) in [5, 5.41) is 10.5. The fourth-order valence-corrected chi connectivity index (χ4v) is 7.83. The zero-order valence-corrected chi connectivity index (χ0v) is 34.9. The van der Waals surface area contributed by atoms with Crippen molar-refractivity contribution in [3.05, 3.63) is 177 Å². The standard InChI is InChI=1S/C24H22ClFN2O3.C24H20ClFN2O3/c2*25-21-2-1-11-27-24(21)31-20-9-12-28(15-20)22-8-5-18(14-17(22)10-13-29)23(30)16-3-6-19(26)7-4-16/h1-8,11,14,20,29H,9-10,12-13,15H2;1-8,11,13-14,20H,9-10,12,15H2/t2*20-/m00/s1. The zero-order valence-electron chi connectivity index (χ0n) is 33.4. The van der Waals surface area contributed by atoms with E-state index in [1.807, 2.05) is 12.1 Å². The summed E-state index contributed by atoms with van der Waals surface area (Å²) in [7, 11) is 0. The molecule has 2 fully saturated rings. The van der Waals surface area contributed by atoms with Crippen molar-refractivity contribution >= 4 is 52.4 Å². The zero-order chi connectivity index (χ0) is 43.6. The Kier molecular flexibility index (Phi) is 14.6. The Morgan fingerprint density at radius 1 is 0.661 bits per heavy atom. The number of hydrogen-bond donors (Lipinski definition) is 1. The van der Waals surface area contributed by atoms with Gasteiger partial charge in [-0.05, 0) is 127 Å². The van der Waals surface area contributed by atoms with Gasteiger partial charge in [-0.3, -0.25) is 9.59 Å². The number of aliphatic hydroxyl groups is 1. The summed E-state index contributed by atoms with van der Waals surface area (Å²) >= 11 is 12.3. The number of halogens is 4. The van der Waals surface area contributed by atoms with E-state index in [4.69, 9.17) is 32.7 Å². The molecule has 4 heterocycles. The van der Waals surface area contributed by atoms with Crippen molar-refractivity contribution in [2.75, 3.05) is 42.6 Å². The first kappa shape index (κ1) is 43.9. The minimum Gasteiger partial charge on any atom is -0.471 e. The third-order valence-electron chi connectivity index (χ3n) is 10.6. The molecule has 2 atom stereocenters. The molecule has 0 bridgehead atoms. The maximum absolute atomic E-state index is 13.2. The lowest BCUT2D eigenvalue weighted by molar-refractivity contribution is -0.107. The lowest BCUT2D eigenvalue weighted by atomic mass is 9.98. The van der Waals surface area contributed by atoms with Gasteiger partial charge in [0.25, 0.3) is 0 Å². The van der Waals surface area contributed by atoms with Crippen LogP contribution in [0, 0.1) is 11.6 Å². The average molecular weight is 880 g/mol. The number of aldehydes is 1. The molecule has 6 aromatic rings. The van der Waals surface area contributed by atoms with Gasteiger partial charge in [-0.25, -0.2) is 18.7 Å². The molecule has 1 N–H and O–H groups in total. The van der Waals surface area contributed by atoms with Gasteiger partial charge in [-0.15, -0.1) is 0 Å². The number of carbonyl (C=O) groups is 3. The quantitative estimate of drug-likeness (QED) is 0.0840. The highest BCUT2D eigenvalue weighted by Gasteiger charge is 2.29. The molecule has 10 nitrogen and oxygen atoms in total. The van der Waals surface area contributed by atoms with Crippen LogP contribution in [-0.4, -0.2) is 77.9 Å². The molecule has 14 heteroatoms. The van der Waals surface area contributed by atoms with Gasteiger partial charge in [0.05, 0.1) is 13.1 Å². The van der Waals surface area contributed by atoms with Crippen molar-refractivity contribution in [3.63, 3.8) is 0 Å². The molecule has 2 saturated heterocycles. The van der Waals surface area contributed by atoms with Crippen LogP contribution in [0.25, 0.3) is 0 Å². The molecule has 2 aromatic heterocycles. The molecule has 2 aliphatic rings.